The predicted octanol–water partition coefficient (Wildman–Crippen LogP) is 3.05. The van der Waals surface area contributed by atoms with Gasteiger partial charge in [0.2, 0.25) is 0 Å². The first-order chi connectivity index (χ1) is 9.52. The van der Waals surface area contributed by atoms with Gasteiger partial charge in [-0.15, -0.1) is 0 Å². The van der Waals surface area contributed by atoms with E-state index in [1.807, 2.05) is 0 Å². The molecule has 1 heterocycles. The molecule has 3 rings (SSSR count). The molecule has 102 valence electrons. The summed E-state index contributed by atoms with van der Waals surface area (Å²) in [6, 6.07) is 2.17. The van der Waals surface area contributed by atoms with Crippen LogP contribution in [0.2, 0.25) is 0 Å². The van der Waals surface area contributed by atoms with Gasteiger partial charge in [-0.05, 0) is 47.4 Å². The number of halogens is 2. The van der Waals surface area contributed by atoms with E-state index in [1.165, 1.54) is 25.3 Å². The van der Waals surface area contributed by atoms with E-state index in [2.05, 4.69) is 4.99 Å². The molecule has 0 amide bonds. The Labute approximate surface area is 114 Å². The van der Waals surface area contributed by atoms with Gasteiger partial charge in [-0.3, -0.25) is 4.99 Å². The molecule has 0 fully saturated rings. The average Bonchev–Trinajstić information content (AvgIpc) is 2.71. The highest BCUT2D eigenvalue weighted by Crippen LogP contribution is 2.47. The Morgan fingerprint density at radius 1 is 1.35 bits per heavy atom. The fourth-order valence-corrected chi connectivity index (χ4v) is 2.74. The van der Waals surface area contributed by atoms with Crippen LogP contribution < -0.4 is 0 Å². The Hall–Kier alpha value is -2.30. The standard InChI is InChI=1S/C15H11F2NO2/c1-7-3-8(16)4-10-12(7)14-11(5-9(17)6-18-14)13(10)15(19)20-2/h3-6,14H,1-2H3. The van der Waals surface area contributed by atoms with Gasteiger partial charge in [0.15, 0.2) is 0 Å². The van der Waals surface area contributed by atoms with Gasteiger partial charge in [-0.2, -0.15) is 0 Å². The Morgan fingerprint density at radius 2 is 2.10 bits per heavy atom. The van der Waals surface area contributed by atoms with Crippen LogP contribution in [0.4, 0.5) is 8.78 Å². The molecular weight excluding hydrogens is 264 g/mol. The number of nitrogens with zero attached hydrogens (tertiary/aromatic N) is 1. The zero-order valence-electron chi connectivity index (χ0n) is 10.9. The van der Waals surface area contributed by atoms with Crippen molar-refractivity contribution in [1.29, 1.82) is 0 Å². The fourth-order valence-electron chi connectivity index (χ4n) is 2.74. The quantitative estimate of drug-likeness (QED) is 0.739. The highest BCUT2D eigenvalue weighted by Gasteiger charge is 2.37. The second-order valence-electron chi connectivity index (χ2n) is 4.72. The van der Waals surface area contributed by atoms with Crippen molar-refractivity contribution in [2.75, 3.05) is 7.11 Å². The number of carbonyl (C=O) groups excluding carboxylic acids is 1. The van der Waals surface area contributed by atoms with E-state index in [0.717, 1.165) is 11.8 Å². The molecule has 2 aliphatic rings. The molecular formula is C15H11F2NO2. The van der Waals surface area contributed by atoms with Gasteiger partial charge < -0.3 is 4.74 Å². The maximum absolute atomic E-state index is 13.6. The van der Waals surface area contributed by atoms with Crippen LogP contribution >= 0.6 is 0 Å². The molecule has 1 aromatic rings. The number of hydrogen-bond donors (Lipinski definition) is 0. The van der Waals surface area contributed by atoms with Crippen molar-refractivity contribution in [3.63, 3.8) is 0 Å². The molecule has 0 radical (unpaired) electrons. The van der Waals surface area contributed by atoms with E-state index in [9.17, 15) is 13.6 Å². The van der Waals surface area contributed by atoms with Crippen molar-refractivity contribution < 1.29 is 18.3 Å². The summed E-state index contributed by atoms with van der Waals surface area (Å²) in [6.07, 6.45) is 2.36. The van der Waals surface area contributed by atoms with Crippen LogP contribution in [0.15, 0.2) is 34.6 Å². The van der Waals surface area contributed by atoms with Crippen molar-refractivity contribution in [1.82, 2.24) is 0 Å². The van der Waals surface area contributed by atoms with E-state index in [0.29, 0.717) is 16.7 Å². The van der Waals surface area contributed by atoms with Crippen LogP contribution in [-0.4, -0.2) is 19.3 Å². The molecule has 0 saturated heterocycles. The Kier molecular flexibility index (Phi) is 2.78. The van der Waals surface area contributed by atoms with Crippen LogP contribution in [-0.2, 0) is 9.53 Å². The van der Waals surface area contributed by atoms with Crippen molar-refractivity contribution in [3.8, 4) is 0 Å². The topological polar surface area (TPSA) is 38.7 Å². The number of rotatable bonds is 1. The molecule has 5 heteroatoms. The van der Waals surface area contributed by atoms with E-state index in [4.69, 9.17) is 4.74 Å². The number of methoxy groups -OCH3 is 1. The summed E-state index contributed by atoms with van der Waals surface area (Å²) in [7, 11) is 1.24. The summed E-state index contributed by atoms with van der Waals surface area (Å²) in [5.74, 6) is -1.60. The second-order valence-corrected chi connectivity index (χ2v) is 4.72. The molecule has 0 N–H and O–H groups in total. The summed E-state index contributed by atoms with van der Waals surface area (Å²) >= 11 is 0. The summed E-state index contributed by atoms with van der Waals surface area (Å²) in [5, 5.41) is 0. The normalized spacial score (nSPS) is 19.6. The van der Waals surface area contributed by atoms with Gasteiger partial charge >= 0.3 is 5.97 Å². The minimum absolute atomic E-state index is 0.183. The van der Waals surface area contributed by atoms with Gasteiger partial charge in [0, 0.05) is 0 Å². The lowest BCUT2D eigenvalue weighted by atomic mass is 9.97. The lowest BCUT2D eigenvalue weighted by molar-refractivity contribution is -0.133. The molecule has 20 heavy (non-hydrogen) atoms. The zero-order valence-corrected chi connectivity index (χ0v) is 10.9. The highest BCUT2D eigenvalue weighted by molar-refractivity contribution is 6.20. The van der Waals surface area contributed by atoms with Gasteiger partial charge in [0.25, 0.3) is 0 Å². The molecule has 0 spiro atoms. The van der Waals surface area contributed by atoms with E-state index < -0.39 is 23.7 Å². The van der Waals surface area contributed by atoms with Gasteiger partial charge in [0.05, 0.1) is 18.9 Å². The zero-order chi connectivity index (χ0) is 14.4. The lowest BCUT2D eigenvalue weighted by Gasteiger charge is -2.14. The van der Waals surface area contributed by atoms with E-state index >= 15 is 0 Å². The van der Waals surface area contributed by atoms with E-state index in [-0.39, 0.29) is 5.57 Å². The molecule has 0 aromatic heterocycles. The SMILES string of the molecule is COC(=O)C1=C2C=C(F)C=NC2c2c(C)cc(F)cc21. The number of esters is 1. The Bertz CT molecular complexity index is 717. The van der Waals surface area contributed by atoms with Crippen LogP contribution in [0.5, 0.6) is 0 Å². The number of ether oxygens (including phenoxy) is 1. The monoisotopic (exact) mass is 275 g/mol. The summed E-state index contributed by atoms with van der Waals surface area (Å²) in [4.78, 5) is 16.1. The maximum atomic E-state index is 13.6. The third-order valence-electron chi connectivity index (χ3n) is 3.51. The van der Waals surface area contributed by atoms with Crippen LogP contribution in [0, 0.1) is 12.7 Å². The summed E-state index contributed by atoms with van der Waals surface area (Å²) in [5.41, 5.74) is 2.43. The van der Waals surface area contributed by atoms with Gasteiger partial charge in [-0.1, -0.05) is 0 Å². The van der Waals surface area contributed by atoms with Crippen LogP contribution in [0.3, 0.4) is 0 Å². The number of aliphatic imine (C=N–C) groups is 1. The molecule has 1 aliphatic heterocycles. The molecule has 0 bridgehead atoms. The minimum atomic E-state index is -0.616. The molecule has 1 unspecified atom stereocenters. The third-order valence-corrected chi connectivity index (χ3v) is 3.51. The highest BCUT2D eigenvalue weighted by atomic mass is 19.1. The molecule has 1 atom stereocenters. The number of benzene rings is 1. The maximum Gasteiger partial charge on any atom is 0.338 e. The van der Waals surface area contributed by atoms with Gasteiger partial charge in [-0.25, -0.2) is 13.6 Å². The number of hydrogen-bond acceptors (Lipinski definition) is 3. The third kappa shape index (κ3) is 1.70. The molecule has 1 aliphatic carbocycles. The smallest absolute Gasteiger partial charge is 0.338 e. The van der Waals surface area contributed by atoms with Crippen molar-refractivity contribution >= 4 is 17.8 Å². The number of aryl methyl sites for hydroxylation is 1. The van der Waals surface area contributed by atoms with Crippen LogP contribution in [0.1, 0.15) is 22.7 Å². The summed E-state index contributed by atoms with van der Waals surface area (Å²) < 4.78 is 31.8. The minimum Gasteiger partial charge on any atom is -0.465 e. The number of dihydropyridines is 1. The van der Waals surface area contributed by atoms with Crippen molar-refractivity contribution in [2.45, 2.75) is 13.0 Å². The van der Waals surface area contributed by atoms with E-state index in [1.54, 1.807) is 6.92 Å². The number of carbonyl (C=O) groups is 1. The first-order valence-corrected chi connectivity index (χ1v) is 6.06. The molecule has 0 saturated carbocycles. The number of fused-ring (bicyclic) bond motifs is 3. The van der Waals surface area contributed by atoms with Crippen molar-refractivity contribution in [2.24, 2.45) is 4.99 Å². The lowest BCUT2D eigenvalue weighted by Crippen LogP contribution is -2.05. The van der Waals surface area contributed by atoms with Crippen LogP contribution in [0.25, 0.3) is 5.57 Å². The predicted molar refractivity (Wildman–Crippen MR) is 70.5 cm³/mol. The average molecular weight is 275 g/mol. The van der Waals surface area contributed by atoms with Gasteiger partial charge in [0.1, 0.15) is 17.7 Å². The Morgan fingerprint density at radius 3 is 2.80 bits per heavy atom. The summed E-state index contributed by atoms with van der Waals surface area (Å²) in [6.45, 7) is 1.74. The fraction of sp³-hybridized carbons (Fsp3) is 0.200. The Balaban J connectivity index is 2.32. The largest absolute Gasteiger partial charge is 0.465 e. The second kappa shape index (κ2) is 4.37. The molecule has 1 aromatic carbocycles. The first-order valence-electron chi connectivity index (χ1n) is 6.06. The number of allylic oxidation sites excluding steroid dienone is 1. The molecule has 3 nitrogen and oxygen atoms in total. The first kappa shape index (κ1) is 12.7. The van der Waals surface area contributed by atoms with Crippen molar-refractivity contribution in [3.05, 3.63) is 52.1 Å².